The zero-order valence-electron chi connectivity index (χ0n) is 17.4. The van der Waals surface area contributed by atoms with Crippen LogP contribution in [0.2, 0.25) is 0 Å². The van der Waals surface area contributed by atoms with Crippen molar-refractivity contribution >= 4 is 8.88 Å². The van der Waals surface area contributed by atoms with Crippen LogP contribution in [0.3, 0.4) is 0 Å². The van der Waals surface area contributed by atoms with Crippen molar-refractivity contribution in [3.05, 3.63) is 12.4 Å². The highest BCUT2D eigenvalue weighted by molar-refractivity contribution is 6.63. The molecule has 1 rings (SSSR count). The molecule has 0 saturated heterocycles. The third kappa shape index (κ3) is 4.97. The van der Waals surface area contributed by atoms with E-state index in [-0.39, 0.29) is 22.3 Å². The summed E-state index contributed by atoms with van der Waals surface area (Å²) < 4.78 is 18.1. The second kappa shape index (κ2) is 5.78. The third-order valence-corrected chi connectivity index (χ3v) is 7.91. The zero-order valence-corrected chi connectivity index (χ0v) is 18.4. The van der Waals surface area contributed by atoms with Crippen LogP contribution in [-0.4, -0.2) is 40.3 Å². The smallest absolute Gasteiger partial charge is 0.357 e. The maximum Gasteiger partial charge on any atom is 0.589 e. The maximum atomic E-state index is 6.75. The van der Waals surface area contributed by atoms with Crippen LogP contribution < -0.4 is 0 Å². The van der Waals surface area contributed by atoms with E-state index in [9.17, 15) is 0 Å². The van der Waals surface area contributed by atoms with Crippen LogP contribution in [0.4, 0.5) is 0 Å². The van der Waals surface area contributed by atoms with E-state index in [1.807, 2.05) is 0 Å². The lowest BCUT2D eigenvalue weighted by molar-refractivity contribution is -0.0497. The van der Waals surface area contributed by atoms with Crippen LogP contribution in [0.25, 0.3) is 0 Å². The monoisotopic (exact) mass is 342 g/mol. The Hall–Kier alpha value is -0.523. The second-order valence-electron chi connectivity index (χ2n) is 10.4. The largest absolute Gasteiger partial charge is 0.589 e. The molecule has 4 nitrogen and oxygen atoms in total. The molecule has 5 heteroatoms. The molecule has 0 radical (unpaired) electrons. The number of hydrogen-bond donors (Lipinski definition) is 0. The van der Waals surface area contributed by atoms with E-state index in [2.05, 4.69) is 105 Å². The van der Waals surface area contributed by atoms with E-state index in [1.165, 1.54) is 0 Å². The van der Waals surface area contributed by atoms with Gasteiger partial charge in [-0.2, -0.15) is 0 Å². The minimum Gasteiger partial charge on any atom is -0.357 e. The molecule has 0 aliphatic carbocycles. The van der Waals surface area contributed by atoms with E-state index in [0.29, 0.717) is 0 Å². The molecule has 23 heavy (non-hydrogen) atoms. The van der Waals surface area contributed by atoms with E-state index >= 15 is 0 Å². The molecule has 0 aromatic heterocycles. The van der Waals surface area contributed by atoms with Gasteiger partial charge in [-0.25, -0.2) is 0 Å². The van der Waals surface area contributed by atoms with Crippen molar-refractivity contribution in [1.82, 2.24) is 9.13 Å². The van der Waals surface area contributed by atoms with Gasteiger partial charge in [0.15, 0.2) is 0 Å². The fourth-order valence-corrected chi connectivity index (χ4v) is 7.22. The Bertz CT molecular complexity index is 406. The zero-order chi connectivity index (χ0) is 18.5. The molecule has 0 amide bonds. The molecule has 136 valence electrons. The summed E-state index contributed by atoms with van der Waals surface area (Å²) in [5, 5.41) is 0. The Morgan fingerprint density at radius 2 is 0.826 bits per heavy atom. The van der Waals surface area contributed by atoms with Crippen molar-refractivity contribution in [1.29, 1.82) is 0 Å². The van der Waals surface area contributed by atoms with Gasteiger partial charge in [0.1, 0.15) is 0 Å². The van der Waals surface area contributed by atoms with Gasteiger partial charge in [0.05, 0.1) is 11.2 Å². The van der Waals surface area contributed by atoms with Gasteiger partial charge < -0.3 is 18.0 Å². The lowest BCUT2D eigenvalue weighted by Gasteiger charge is -2.53. The molecular formula is C18H38N2O2Si. The van der Waals surface area contributed by atoms with E-state index in [1.54, 1.807) is 0 Å². The molecule has 0 unspecified atom stereocenters. The minimum atomic E-state index is -2.88. The van der Waals surface area contributed by atoms with Crippen molar-refractivity contribution < 1.29 is 8.85 Å². The average Bonchev–Trinajstić information content (AvgIpc) is 2.48. The van der Waals surface area contributed by atoms with Crippen molar-refractivity contribution in [2.24, 2.45) is 0 Å². The molecule has 0 bridgehead atoms. The molecule has 0 fully saturated rings. The van der Waals surface area contributed by atoms with Crippen LogP contribution >= 0.6 is 0 Å². The standard InChI is InChI=1S/C18H38N2O2Si/c1-15(2,3)19-13-14-20(16(4,5)6)23(19,21-17(7,8)9)22-18(10,11)12/h13-14H,1-12H3. The van der Waals surface area contributed by atoms with Gasteiger partial charge in [-0.15, -0.1) is 0 Å². The van der Waals surface area contributed by atoms with E-state index < -0.39 is 8.88 Å². The summed E-state index contributed by atoms with van der Waals surface area (Å²) in [6.45, 7) is 25.9. The van der Waals surface area contributed by atoms with Crippen molar-refractivity contribution in [3.63, 3.8) is 0 Å². The van der Waals surface area contributed by atoms with Crippen LogP contribution in [-0.2, 0) is 8.85 Å². The van der Waals surface area contributed by atoms with Crippen molar-refractivity contribution in [2.75, 3.05) is 0 Å². The van der Waals surface area contributed by atoms with E-state index in [4.69, 9.17) is 8.85 Å². The first-order chi connectivity index (χ1) is 9.89. The fraction of sp³-hybridized carbons (Fsp3) is 0.889. The molecule has 0 aromatic rings. The molecule has 0 aromatic carbocycles. The first-order valence-electron chi connectivity index (χ1n) is 8.56. The Morgan fingerprint density at radius 1 is 0.565 bits per heavy atom. The predicted molar refractivity (Wildman–Crippen MR) is 99.8 cm³/mol. The quantitative estimate of drug-likeness (QED) is 0.677. The summed E-state index contributed by atoms with van der Waals surface area (Å²) in [5.41, 5.74) is -0.759. The summed E-state index contributed by atoms with van der Waals surface area (Å²) in [6, 6.07) is 0. The van der Waals surface area contributed by atoms with Gasteiger partial charge in [0, 0.05) is 23.5 Å². The highest BCUT2D eigenvalue weighted by Gasteiger charge is 2.63. The Balaban J connectivity index is 3.52. The molecule has 0 N–H and O–H groups in total. The van der Waals surface area contributed by atoms with Crippen LogP contribution in [0.1, 0.15) is 83.1 Å². The first-order valence-corrected chi connectivity index (χ1v) is 10.3. The van der Waals surface area contributed by atoms with Gasteiger partial charge in [-0.1, -0.05) is 0 Å². The minimum absolute atomic E-state index is 0.0841. The maximum absolute atomic E-state index is 6.75. The molecule has 0 atom stereocenters. The van der Waals surface area contributed by atoms with Crippen LogP contribution in [0, 0.1) is 0 Å². The molecule has 1 heterocycles. The normalized spacial score (nSPS) is 19.7. The Kier molecular flexibility index (Phi) is 5.16. The van der Waals surface area contributed by atoms with Crippen molar-refractivity contribution in [3.8, 4) is 0 Å². The van der Waals surface area contributed by atoms with Gasteiger partial charge in [0.2, 0.25) is 0 Å². The molecule has 1 aliphatic heterocycles. The lowest BCUT2D eigenvalue weighted by Crippen LogP contribution is -2.74. The summed E-state index contributed by atoms with van der Waals surface area (Å²) in [7, 11) is -2.88. The molecule has 0 saturated carbocycles. The number of nitrogens with zero attached hydrogens (tertiary/aromatic N) is 2. The second-order valence-corrected chi connectivity index (χ2v) is 12.8. The summed E-state index contributed by atoms with van der Waals surface area (Å²) in [4.78, 5) is 0. The SMILES string of the molecule is CC(C)(C)O[Si]1(OC(C)(C)C)N(C(C)(C)C)C=CN1C(C)(C)C. The summed E-state index contributed by atoms with van der Waals surface area (Å²) >= 11 is 0. The first kappa shape index (κ1) is 20.5. The van der Waals surface area contributed by atoms with E-state index in [0.717, 1.165) is 0 Å². The number of hydrogen-bond acceptors (Lipinski definition) is 4. The van der Waals surface area contributed by atoms with Gasteiger partial charge in [0.25, 0.3) is 0 Å². The fourth-order valence-electron chi connectivity index (χ4n) is 2.75. The summed E-state index contributed by atoms with van der Waals surface area (Å²) in [5.74, 6) is 0. The van der Waals surface area contributed by atoms with Crippen molar-refractivity contribution in [2.45, 2.75) is 105 Å². The summed E-state index contributed by atoms with van der Waals surface area (Å²) in [6.07, 6.45) is 4.30. The lowest BCUT2D eigenvalue weighted by atomic mass is 10.1. The topological polar surface area (TPSA) is 24.9 Å². The predicted octanol–water partition coefficient (Wildman–Crippen LogP) is 4.74. The molecular weight excluding hydrogens is 304 g/mol. The van der Waals surface area contributed by atoms with Gasteiger partial charge in [-0.3, -0.25) is 0 Å². The van der Waals surface area contributed by atoms with Gasteiger partial charge >= 0.3 is 8.88 Å². The molecule has 1 aliphatic rings. The Labute approximate surface area is 145 Å². The highest BCUT2D eigenvalue weighted by atomic mass is 28.4. The Morgan fingerprint density at radius 3 is 1.00 bits per heavy atom. The van der Waals surface area contributed by atoms with Crippen LogP contribution in [0.5, 0.6) is 0 Å². The molecule has 0 spiro atoms. The van der Waals surface area contributed by atoms with Gasteiger partial charge in [-0.05, 0) is 83.1 Å². The van der Waals surface area contributed by atoms with Crippen LogP contribution in [0.15, 0.2) is 12.4 Å². The average molecular weight is 343 g/mol. The third-order valence-electron chi connectivity index (χ3n) is 3.30. The highest BCUT2D eigenvalue weighted by Crippen LogP contribution is 2.41. The number of rotatable bonds is 2.